The van der Waals surface area contributed by atoms with Crippen LogP contribution < -0.4 is 10.6 Å². The van der Waals surface area contributed by atoms with Crippen LogP contribution in [-0.2, 0) is 30.5 Å². The number of anilines is 1. The van der Waals surface area contributed by atoms with Crippen LogP contribution >= 0.6 is 28.1 Å². The van der Waals surface area contributed by atoms with Crippen LogP contribution in [0.5, 0.6) is 0 Å². The first-order valence-electron chi connectivity index (χ1n) is 14.7. The maximum Gasteiger partial charge on any atom is 0.416 e. The number of para-hydroxylation sites is 1. The summed E-state index contributed by atoms with van der Waals surface area (Å²) >= 11 is 9.25. The highest BCUT2D eigenvalue weighted by Gasteiger charge is 2.34. The Morgan fingerprint density at radius 3 is 2.46 bits per heavy atom. The maximum atomic E-state index is 13.9. The van der Waals surface area contributed by atoms with Gasteiger partial charge in [-0.05, 0) is 81.9 Å². The van der Waals surface area contributed by atoms with Crippen molar-refractivity contribution in [1.82, 2.24) is 19.8 Å². The molecule has 1 amide bonds. The molecule has 0 aliphatic rings. The van der Waals surface area contributed by atoms with Crippen LogP contribution in [0.15, 0.2) is 89.8 Å². The lowest BCUT2D eigenvalue weighted by Crippen LogP contribution is -2.48. The number of nitrogens with one attached hydrogen (secondary N) is 2. The highest BCUT2D eigenvalue weighted by Crippen LogP contribution is 2.33. The Kier molecular flexibility index (Phi) is 12.0. The Morgan fingerprint density at radius 1 is 1.09 bits per heavy atom. The summed E-state index contributed by atoms with van der Waals surface area (Å²) in [7, 11) is 0. The number of benzene rings is 3. The standard InChI is InChI=1S/C34H34BrF3N6OS/c1-23(2)15-27(41-32(45)16-28-18-40-22-44(28)19-25-13-11-24(17-39)12-14-25)21-43(33(46)42-31-10-6-5-9-30(31)35)20-26-7-3-4-8-29(26)34(36,37)38/h3-14,18,22-23,27H,15-16,19-21H2,1-2H3,(H,41,45)(H,42,46)/t27-/m0/s1. The van der Waals surface area contributed by atoms with E-state index >= 15 is 0 Å². The van der Waals surface area contributed by atoms with Gasteiger partial charge in [-0.1, -0.05) is 56.3 Å². The molecule has 4 rings (SSSR count). The van der Waals surface area contributed by atoms with Crippen molar-refractivity contribution in [3.63, 3.8) is 0 Å². The number of aromatic nitrogens is 2. The minimum atomic E-state index is -4.54. The fourth-order valence-electron chi connectivity index (χ4n) is 5.09. The zero-order valence-electron chi connectivity index (χ0n) is 25.4. The van der Waals surface area contributed by atoms with Gasteiger partial charge in [-0.2, -0.15) is 18.4 Å². The van der Waals surface area contributed by atoms with Gasteiger partial charge in [0, 0.05) is 42.0 Å². The molecule has 46 heavy (non-hydrogen) atoms. The van der Waals surface area contributed by atoms with Crippen molar-refractivity contribution < 1.29 is 18.0 Å². The molecule has 0 bridgehead atoms. The van der Waals surface area contributed by atoms with Crippen LogP contribution in [0.1, 0.15) is 48.2 Å². The molecule has 0 saturated carbocycles. The Hall–Kier alpha value is -4.21. The molecule has 1 aromatic heterocycles. The van der Waals surface area contributed by atoms with Crippen LogP contribution in [0.3, 0.4) is 0 Å². The molecule has 2 N–H and O–H groups in total. The molecular weight excluding hydrogens is 677 g/mol. The average molecular weight is 712 g/mol. The molecule has 7 nitrogen and oxygen atoms in total. The molecule has 0 aliphatic heterocycles. The van der Waals surface area contributed by atoms with Gasteiger partial charge in [0.1, 0.15) is 0 Å². The number of alkyl halides is 3. The molecular formula is C34H34BrF3N6OS. The molecule has 0 saturated heterocycles. The van der Waals surface area contributed by atoms with Gasteiger partial charge < -0.3 is 20.1 Å². The smallest absolute Gasteiger partial charge is 0.351 e. The summed E-state index contributed by atoms with van der Waals surface area (Å²) in [5.74, 6) is -0.0612. The Bertz CT molecular complexity index is 1680. The summed E-state index contributed by atoms with van der Waals surface area (Å²) < 4.78 is 44.4. The molecule has 0 aliphatic carbocycles. The van der Waals surface area contributed by atoms with Gasteiger partial charge in [0.2, 0.25) is 5.91 Å². The second-order valence-electron chi connectivity index (χ2n) is 11.3. The topological polar surface area (TPSA) is 86.0 Å². The minimum Gasteiger partial charge on any atom is -0.351 e. The van der Waals surface area contributed by atoms with E-state index in [-0.39, 0.29) is 42.0 Å². The summed E-state index contributed by atoms with van der Waals surface area (Å²) in [6.45, 7) is 4.58. The number of carbonyl (C=O) groups is 1. The van der Waals surface area contributed by atoms with Crippen LogP contribution in [0.2, 0.25) is 0 Å². The van der Waals surface area contributed by atoms with Crippen LogP contribution in [-0.4, -0.2) is 38.1 Å². The molecule has 1 atom stereocenters. The Balaban J connectivity index is 1.54. The normalized spacial score (nSPS) is 12.0. The van der Waals surface area contributed by atoms with Crippen molar-refractivity contribution in [3.05, 3.63) is 118 Å². The van der Waals surface area contributed by atoms with Gasteiger partial charge in [-0.25, -0.2) is 4.98 Å². The first kappa shape index (κ1) is 34.7. The first-order valence-corrected chi connectivity index (χ1v) is 15.9. The number of amides is 1. The molecule has 0 radical (unpaired) electrons. The monoisotopic (exact) mass is 710 g/mol. The number of nitrogens with zero attached hydrogens (tertiary/aromatic N) is 4. The quantitative estimate of drug-likeness (QED) is 0.148. The fourth-order valence-corrected chi connectivity index (χ4v) is 5.73. The largest absolute Gasteiger partial charge is 0.416 e. The molecule has 240 valence electrons. The SMILES string of the molecule is CC(C)C[C@@H](CN(Cc1ccccc1C(F)(F)F)C(=S)Nc1ccccc1Br)NC(=O)Cc1cncn1Cc1ccc(C#N)cc1. The number of hydrogen-bond acceptors (Lipinski definition) is 4. The van der Waals surface area contributed by atoms with E-state index in [4.69, 9.17) is 17.5 Å². The van der Waals surface area contributed by atoms with Gasteiger partial charge in [0.05, 0.1) is 35.6 Å². The van der Waals surface area contributed by atoms with Gasteiger partial charge in [0.25, 0.3) is 0 Å². The molecule has 3 aromatic carbocycles. The second-order valence-corrected chi connectivity index (χ2v) is 12.6. The van der Waals surface area contributed by atoms with Gasteiger partial charge in [0.15, 0.2) is 5.11 Å². The summed E-state index contributed by atoms with van der Waals surface area (Å²) in [4.78, 5) is 19.3. The van der Waals surface area contributed by atoms with Gasteiger partial charge in [-0.3, -0.25) is 4.79 Å². The summed E-state index contributed by atoms with van der Waals surface area (Å²) in [6.07, 6.45) is -0.616. The van der Waals surface area contributed by atoms with E-state index in [1.165, 1.54) is 12.1 Å². The van der Waals surface area contributed by atoms with E-state index in [2.05, 4.69) is 37.6 Å². The Labute approximate surface area is 280 Å². The lowest BCUT2D eigenvalue weighted by molar-refractivity contribution is -0.138. The van der Waals surface area contributed by atoms with E-state index in [0.29, 0.717) is 29.9 Å². The van der Waals surface area contributed by atoms with Crippen molar-refractivity contribution in [2.75, 3.05) is 11.9 Å². The van der Waals surface area contributed by atoms with Crippen molar-refractivity contribution in [1.29, 1.82) is 5.26 Å². The number of carbonyl (C=O) groups excluding carboxylic acids is 1. The highest BCUT2D eigenvalue weighted by atomic mass is 79.9. The summed E-state index contributed by atoms with van der Waals surface area (Å²) in [5, 5.41) is 15.6. The first-order chi connectivity index (χ1) is 21.9. The van der Waals surface area contributed by atoms with E-state index in [1.807, 2.05) is 54.8 Å². The minimum absolute atomic E-state index is 0.0570. The van der Waals surface area contributed by atoms with E-state index < -0.39 is 17.8 Å². The van der Waals surface area contributed by atoms with Crippen LogP contribution in [0, 0.1) is 17.2 Å². The summed E-state index contributed by atoms with van der Waals surface area (Å²) in [6, 6.07) is 21.6. The van der Waals surface area contributed by atoms with Crippen LogP contribution in [0.25, 0.3) is 0 Å². The van der Waals surface area contributed by atoms with Gasteiger partial charge >= 0.3 is 6.18 Å². The number of imidazole rings is 1. The molecule has 1 heterocycles. The molecule has 0 fully saturated rings. The number of hydrogen-bond donors (Lipinski definition) is 2. The summed E-state index contributed by atoms with van der Waals surface area (Å²) in [5.41, 5.74) is 2.23. The maximum absolute atomic E-state index is 13.9. The molecule has 0 unspecified atom stereocenters. The highest BCUT2D eigenvalue weighted by molar-refractivity contribution is 9.10. The molecule has 0 spiro atoms. The lowest BCUT2D eigenvalue weighted by atomic mass is 10.0. The van der Waals surface area contributed by atoms with Crippen LogP contribution in [0.4, 0.5) is 18.9 Å². The van der Waals surface area contributed by atoms with E-state index in [9.17, 15) is 18.0 Å². The lowest BCUT2D eigenvalue weighted by Gasteiger charge is -2.32. The molecule has 4 aromatic rings. The third kappa shape index (κ3) is 9.89. The van der Waals surface area contributed by atoms with Crippen molar-refractivity contribution in [2.45, 2.75) is 52.0 Å². The predicted molar refractivity (Wildman–Crippen MR) is 180 cm³/mol. The van der Waals surface area contributed by atoms with Crippen molar-refractivity contribution in [3.8, 4) is 6.07 Å². The van der Waals surface area contributed by atoms with Gasteiger partial charge in [-0.15, -0.1) is 0 Å². The number of thiocarbonyl (C=S) groups is 1. The Morgan fingerprint density at radius 2 is 1.78 bits per heavy atom. The van der Waals surface area contributed by atoms with E-state index in [0.717, 1.165) is 16.1 Å². The zero-order valence-corrected chi connectivity index (χ0v) is 27.8. The zero-order chi connectivity index (χ0) is 33.3. The molecule has 12 heteroatoms. The predicted octanol–water partition coefficient (Wildman–Crippen LogP) is 7.56. The fraction of sp³-hybridized carbons (Fsp3) is 0.294. The van der Waals surface area contributed by atoms with E-state index in [1.54, 1.807) is 35.6 Å². The number of halogens is 4. The van der Waals surface area contributed by atoms with Crippen molar-refractivity contribution in [2.24, 2.45) is 5.92 Å². The second kappa shape index (κ2) is 15.9. The third-order valence-electron chi connectivity index (χ3n) is 7.22. The number of rotatable bonds is 12. The van der Waals surface area contributed by atoms with Crippen molar-refractivity contribution >= 4 is 44.9 Å². The number of nitriles is 1. The third-order valence-corrected chi connectivity index (χ3v) is 8.28. The average Bonchev–Trinajstić information content (AvgIpc) is 3.43.